The molecule has 16 heavy (non-hydrogen) atoms. The second-order valence-corrected chi connectivity index (χ2v) is 4.85. The van der Waals surface area contributed by atoms with Crippen LogP contribution in [0.2, 0.25) is 0 Å². The molecule has 1 aromatic carbocycles. The van der Waals surface area contributed by atoms with Crippen molar-refractivity contribution in [3.8, 4) is 11.8 Å². The van der Waals surface area contributed by atoms with Crippen molar-refractivity contribution in [2.45, 2.75) is 0 Å². The normalized spacial score (nSPS) is 10.1. The van der Waals surface area contributed by atoms with Crippen molar-refractivity contribution in [1.82, 2.24) is 9.78 Å². The Morgan fingerprint density at radius 1 is 1.38 bits per heavy atom. The van der Waals surface area contributed by atoms with Crippen molar-refractivity contribution in [1.29, 1.82) is 5.26 Å². The molecule has 1 heterocycles. The van der Waals surface area contributed by atoms with Crippen LogP contribution in [-0.4, -0.2) is 9.78 Å². The third kappa shape index (κ3) is 1.96. The fourth-order valence-electron chi connectivity index (χ4n) is 1.29. The fourth-order valence-corrected chi connectivity index (χ4v) is 1.92. The van der Waals surface area contributed by atoms with Crippen LogP contribution < -0.4 is 5.73 Å². The highest BCUT2D eigenvalue weighted by Crippen LogP contribution is 2.23. The zero-order valence-corrected chi connectivity index (χ0v) is 11.2. The lowest BCUT2D eigenvalue weighted by molar-refractivity contribution is 0.882. The van der Waals surface area contributed by atoms with E-state index in [1.165, 1.54) is 0 Å². The molecule has 0 aliphatic carbocycles. The molecule has 0 aliphatic rings. The molecule has 2 aromatic rings. The minimum atomic E-state index is 0.395. The second kappa shape index (κ2) is 4.28. The predicted molar refractivity (Wildman–Crippen MR) is 68.1 cm³/mol. The Labute approximate surface area is 109 Å². The lowest BCUT2D eigenvalue weighted by Crippen LogP contribution is -1.99. The SMILES string of the molecule is N#Cc1cc(Br)ccc1-n1cc(Br)c(N)n1. The minimum absolute atomic E-state index is 0.395. The van der Waals surface area contributed by atoms with Gasteiger partial charge in [-0.2, -0.15) is 5.26 Å². The standard InChI is InChI=1S/C10H6Br2N4/c11-7-1-2-9(6(3-7)4-13)16-5-8(12)10(14)15-16/h1-3,5H,(H2,14,15). The van der Waals surface area contributed by atoms with E-state index in [-0.39, 0.29) is 0 Å². The van der Waals surface area contributed by atoms with Gasteiger partial charge in [0.05, 0.1) is 15.7 Å². The van der Waals surface area contributed by atoms with Crippen molar-refractivity contribution < 1.29 is 0 Å². The van der Waals surface area contributed by atoms with E-state index in [1.807, 2.05) is 12.1 Å². The van der Waals surface area contributed by atoms with Crippen molar-refractivity contribution in [2.75, 3.05) is 5.73 Å². The lowest BCUT2D eigenvalue weighted by Gasteiger charge is -2.03. The molecule has 0 aliphatic heterocycles. The number of benzene rings is 1. The smallest absolute Gasteiger partial charge is 0.160 e. The minimum Gasteiger partial charge on any atom is -0.381 e. The number of halogens is 2. The molecule has 0 radical (unpaired) electrons. The molecular formula is C10H6Br2N4. The van der Waals surface area contributed by atoms with Gasteiger partial charge in [0, 0.05) is 10.7 Å². The summed E-state index contributed by atoms with van der Waals surface area (Å²) in [6.07, 6.45) is 1.72. The van der Waals surface area contributed by atoms with Crippen LogP contribution in [0.4, 0.5) is 5.82 Å². The fraction of sp³-hybridized carbons (Fsp3) is 0. The Morgan fingerprint density at radius 2 is 2.12 bits per heavy atom. The molecule has 0 atom stereocenters. The van der Waals surface area contributed by atoms with E-state index in [0.29, 0.717) is 21.5 Å². The van der Waals surface area contributed by atoms with Crippen LogP contribution in [0.25, 0.3) is 5.69 Å². The first-order chi connectivity index (χ1) is 7.61. The summed E-state index contributed by atoms with van der Waals surface area (Å²) in [5.41, 5.74) is 6.86. The monoisotopic (exact) mass is 340 g/mol. The van der Waals surface area contributed by atoms with E-state index < -0.39 is 0 Å². The maximum atomic E-state index is 9.03. The van der Waals surface area contributed by atoms with Gasteiger partial charge in [0.1, 0.15) is 6.07 Å². The van der Waals surface area contributed by atoms with Crippen LogP contribution in [0.15, 0.2) is 33.3 Å². The van der Waals surface area contributed by atoms with Gasteiger partial charge in [-0.15, -0.1) is 5.10 Å². The van der Waals surface area contributed by atoms with Crippen LogP contribution in [-0.2, 0) is 0 Å². The van der Waals surface area contributed by atoms with Gasteiger partial charge in [-0.05, 0) is 34.1 Å². The summed E-state index contributed by atoms with van der Waals surface area (Å²) >= 11 is 6.59. The number of anilines is 1. The molecule has 6 heteroatoms. The average Bonchev–Trinajstić information content (AvgIpc) is 2.59. The van der Waals surface area contributed by atoms with Crippen LogP contribution in [0.1, 0.15) is 5.56 Å². The van der Waals surface area contributed by atoms with Crippen LogP contribution in [0, 0.1) is 11.3 Å². The number of nitrogens with two attached hydrogens (primary N) is 1. The van der Waals surface area contributed by atoms with Gasteiger partial charge < -0.3 is 5.73 Å². The van der Waals surface area contributed by atoms with Crippen LogP contribution >= 0.6 is 31.9 Å². The molecule has 80 valence electrons. The van der Waals surface area contributed by atoms with Gasteiger partial charge in [0.15, 0.2) is 5.82 Å². The third-order valence-corrected chi connectivity index (χ3v) is 3.13. The van der Waals surface area contributed by atoms with Gasteiger partial charge in [0.2, 0.25) is 0 Å². The van der Waals surface area contributed by atoms with Crippen molar-refractivity contribution in [3.63, 3.8) is 0 Å². The summed E-state index contributed by atoms with van der Waals surface area (Å²) in [4.78, 5) is 0. The summed E-state index contributed by atoms with van der Waals surface area (Å²) in [5, 5.41) is 13.1. The second-order valence-electron chi connectivity index (χ2n) is 3.08. The maximum Gasteiger partial charge on any atom is 0.160 e. The van der Waals surface area contributed by atoms with Crippen LogP contribution in [0.3, 0.4) is 0 Å². The van der Waals surface area contributed by atoms with Crippen LogP contribution in [0.5, 0.6) is 0 Å². The summed E-state index contributed by atoms with van der Waals surface area (Å²) in [6.45, 7) is 0. The van der Waals surface area contributed by atoms with E-state index >= 15 is 0 Å². The number of nitriles is 1. The Bertz CT molecular complexity index is 563. The molecule has 2 N–H and O–H groups in total. The Balaban J connectivity index is 2.60. The summed E-state index contributed by atoms with van der Waals surface area (Å²) in [6, 6.07) is 7.51. The van der Waals surface area contributed by atoms with E-state index in [9.17, 15) is 0 Å². The lowest BCUT2D eigenvalue weighted by atomic mass is 10.2. The van der Waals surface area contributed by atoms with E-state index in [0.717, 1.165) is 4.47 Å². The molecule has 0 bridgehead atoms. The highest BCUT2D eigenvalue weighted by Gasteiger charge is 2.08. The molecule has 2 rings (SSSR count). The quantitative estimate of drug-likeness (QED) is 0.867. The van der Waals surface area contributed by atoms with Gasteiger partial charge in [-0.25, -0.2) is 4.68 Å². The number of hydrogen-bond donors (Lipinski definition) is 1. The Kier molecular flexibility index (Phi) is 2.99. The zero-order chi connectivity index (χ0) is 11.7. The summed E-state index contributed by atoms with van der Waals surface area (Å²) in [5.74, 6) is 0.395. The third-order valence-electron chi connectivity index (χ3n) is 2.02. The van der Waals surface area contributed by atoms with E-state index in [1.54, 1.807) is 16.9 Å². The van der Waals surface area contributed by atoms with E-state index in [4.69, 9.17) is 11.0 Å². The zero-order valence-electron chi connectivity index (χ0n) is 7.98. The Morgan fingerprint density at radius 3 is 2.69 bits per heavy atom. The summed E-state index contributed by atoms with van der Waals surface area (Å²) < 4.78 is 3.14. The number of nitrogens with zero attached hydrogens (tertiary/aromatic N) is 3. The molecule has 0 amide bonds. The van der Waals surface area contributed by atoms with Gasteiger partial charge in [-0.1, -0.05) is 15.9 Å². The van der Waals surface area contributed by atoms with Crippen molar-refractivity contribution in [2.24, 2.45) is 0 Å². The molecule has 0 fully saturated rings. The van der Waals surface area contributed by atoms with Gasteiger partial charge >= 0.3 is 0 Å². The topological polar surface area (TPSA) is 67.6 Å². The summed E-state index contributed by atoms with van der Waals surface area (Å²) in [7, 11) is 0. The molecule has 0 saturated heterocycles. The molecular weight excluding hydrogens is 336 g/mol. The molecule has 4 nitrogen and oxygen atoms in total. The molecule has 0 saturated carbocycles. The highest BCUT2D eigenvalue weighted by molar-refractivity contribution is 9.10. The average molecular weight is 342 g/mol. The predicted octanol–water partition coefficient (Wildman–Crippen LogP) is 2.85. The van der Waals surface area contributed by atoms with Gasteiger partial charge in [-0.3, -0.25) is 0 Å². The molecule has 0 spiro atoms. The number of nitrogen functional groups attached to an aromatic ring is 1. The first-order valence-corrected chi connectivity index (χ1v) is 5.91. The number of hydrogen-bond acceptors (Lipinski definition) is 3. The first-order valence-electron chi connectivity index (χ1n) is 4.32. The molecule has 1 aromatic heterocycles. The van der Waals surface area contributed by atoms with E-state index in [2.05, 4.69) is 43.0 Å². The maximum absolute atomic E-state index is 9.03. The largest absolute Gasteiger partial charge is 0.381 e. The first kappa shape index (κ1) is 11.2. The number of rotatable bonds is 1. The van der Waals surface area contributed by atoms with Crippen molar-refractivity contribution in [3.05, 3.63) is 38.9 Å². The molecule has 0 unspecified atom stereocenters. The Hall–Kier alpha value is -1.32. The highest BCUT2D eigenvalue weighted by atomic mass is 79.9. The van der Waals surface area contributed by atoms with Gasteiger partial charge in [0.25, 0.3) is 0 Å². The van der Waals surface area contributed by atoms with Crippen molar-refractivity contribution >= 4 is 37.7 Å². The number of aromatic nitrogens is 2.